The predicted octanol–water partition coefficient (Wildman–Crippen LogP) is -0.498. The highest BCUT2D eigenvalue weighted by Crippen LogP contribution is 2.23. The topological polar surface area (TPSA) is 129 Å². The lowest BCUT2D eigenvalue weighted by atomic mass is 10.1. The molecule has 0 aliphatic rings. The summed E-state index contributed by atoms with van der Waals surface area (Å²) in [5.74, 6) is -2.34. The SMILES string of the molecule is NC(=O)CC[C@@H](NS(=O)(=O)c1cccc2ccccc12)C(=O)[O-]. The van der Waals surface area contributed by atoms with Crippen molar-refractivity contribution in [3.05, 3.63) is 42.5 Å². The van der Waals surface area contributed by atoms with Crippen molar-refractivity contribution < 1.29 is 23.1 Å². The van der Waals surface area contributed by atoms with E-state index in [-0.39, 0.29) is 17.7 Å². The van der Waals surface area contributed by atoms with Crippen LogP contribution in [0.15, 0.2) is 47.4 Å². The van der Waals surface area contributed by atoms with E-state index >= 15 is 0 Å². The number of carbonyl (C=O) groups is 2. The molecule has 0 aliphatic carbocycles. The Morgan fingerprint density at radius 3 is 2.43 bits per heavy atom. The number of nitrogens with two attached hydrogens (primary N) is 1. The second kappa shape index (κ2) is 6.76. The molecule has 0 spiro atoms. The van der Waals surface area contributed by atoms with E-state index in [0.717, 1.165) is 0 Å². The van der Waals surface area contributed by atoms with E-state index in [1.807, 2.05) is 0 Å². The summed E-state index contributed by atoms with van der Waals surface area (Å²) in [5, 5.41) is 12.3. The standard InChI is InChI=1S/C15H16N2O5S/c16-14(18)9-8-12(15(19)20)17-23(21,22)13-7-3-5-10-4-1-2-6-11(10)13/h1-7,12,17H,8-9H2,(H2,16,18)(H,19,20)/p-1/t12-/m1/s1. The Morgan fingerprint density at radius 1 is 1.13 bits per heavy atom. The van der Waals surface area contributed by atoms with Gasteiger partial charge in [0.05, 0.1) is 16.9 Å². The fourth-order valence-corrected chi connectivity index (χ4v) is 3.64. The Morgan fingerprint density at radius 2 is 1.78 bits per heavy atom. The predicted molar refractivity (Wildman–Crippen MR) is 81.5 cm³/mol. The molecule has 0 saturated carbocycles. The first-order valence-corrected chi connectivity index (χ1v) is 8.29. The van der Waals surface area contributed by atoms with Gasteiger partial charge in [0.1, 0.15) is 0 Å². The molecule has 0 fully saturated rings. The maximum atomic E-state index is 12.5. The van der Waals surface area contributed by atoms with E-state index in [2.05, 4.69) is 4.72 Å². The van der Waals surface area contributed by atoms with Crippen LogP contribution < -0.4 is 15.6 Å². The lowest BCUT2D eigenvalue weighted by molar-refractivity contribution is -0.308. The molecule has 2 aromatic carbocycles. The third kappa shape index (κ3) is 4.05. The first-order chi connectivity index (χ1) is 10.8. The zero-order chi connectivity index (χ0) is 17.0. The number of carbonyl (C=O) groups excluding carboxylic acids is 2. The average molecular weight is 335 g/mol. The van der Waals surface area contributed by atoms with Crippen LogP contribution in [0.5, 0.6) is 0 Å². The Bertz CT molecular complexity index is 843. The Kier molecular flexibility index (Phi) is 4.97. The first-order valence-electron chi connectivity index (χ1n) is 6.80. The highest BCUT2D eigenvalue weighted by molar-refractivity contribution is 7.89. The molecule has 2 aromatic rings. The van der Waals surface area contributed by atoms with Gasteiger partial charge in [-0.3, -0.25) is 4.79 Å². The number of hydrogen-bond acceptors (Lipinski definition) is 5. The van der Waals surface area contributed by atoms with Gasteiger partial charge in [0.25, 0.3) is 0 Å². The van der Waals surface area contributed by atoms with Crippen molar-refractivity contribution in [1.82, 2.24) is 4.72 Å². The number of amides is 1. The van der Waals surface area contributed by atoms with Crippen LogP contribution in [0.25, 0.3) is 10.8 Å². The van der Waals surface area contributed by atoms with Gasteiger partial charge in [0.2, 0.25) is 15.9 Å². The van der Waals surface area contributed by atoms with Crippen molar-refractivity contribution in [2.24, 2.45) is 5.73 Å². The molecule has 122 valence electrons. The second-order valence-corrected chi connectivity index (χ2v) is 6.66. The van der Waals surface area contributed by atoms with Gasteiger partial charge < -0.3 is 15.6 Å². The second-order valence-electron chi connectivity index (χ2n) is 4.98. The molecule has 23 heavy (non-hydrogen) atoms. The molecule has 1 amide bonds. The average Bonchev–Trinajstić information content (AvgIpc) is 2.50. The van der Waals surface area contributed by atoms with E-state index < -0.39 is 27.9 Å². The molecule has 0 heterocycles. The van der Waals surface area contributed by atoms with E-state index in [9.17, 15) is 23.1 Å². The number of carboxylic acids is 1. The maximum Gasteiger partial charge on any atom is 0.241 e. The molecule has 1 atom stereocenters. The van der Waals surface area contributed by atoms with Crippen LogP contribution in [-0.2, 0) is 19.6 Å². The van der Waals surface area contributed by atoms with Crippen LogP contribution in [0.2, 0.25) is 0 Å². The van der Waals surface area contributed by atoms with Gasteiger partial charge in [-0.05, 0) is 17.9 Å². The molecule has 0 aromatic heterocycles. The smallest absolute Gasteiger partial charge is 0.241 e. The van der Waals surface area contributed by atoms with Crippen molar-refractivity contribution in [2.45, 2.75) is 23.8 Å². The van der Waals surface area contributed by atoms with Gasteiger partial charge in [0, 0.05) is 11.8 Å². The Balaban J connectivity index is 2.36. The molecule has 2 rings (SSSR count). The van der Waals surface area contributed by atoms with Crippen LogP contribution in [0, 0.1) is 0 Å². The zero-order valence-corrected chi connectivity index (χ0v) is 12.9. The zero-order valence-electron chi connectivity index (χ0n) is 12.1. The van der Waals surface area contributed by atoms with Gasteiger partial charge in [-0.25, -0.2) is 13.1 Å². The first kappa shape index (κ1) is 16.9. The van der Waals surface area contributed by atoms with Crippen molar-refractivity contribution in [3.8, 4) is 0 Å². The summed E-state index contributed by atoms with van der Waals surface area (Å²) < 4.78 is 27.0. The Labute approximate surface area is 133 Å². The molecule has 0 bridgehead atoms. The highest BCUT2D eigenvalue weighted by Gasteiger charge is 2.23. The number of primary amides is 1. The summed E-state index contributed by atoms with van der Waals surface area (Å²) in [7, 11) is -4.10. The third-order valence-corrected chi connectivity index (χ3v) is 4.83. The molecule has 0 unspecified atom stereocenters. The van der Waals surface area contributed by atoms with Crippen LogP contribution >= 0.6 is 0 Å². The quantitative estimate of drug-likeness (QED) is 0.705. The van der Waals surface area contributed by atoms with E-state index in [1.54, 1.807) is 36.4 Å². The van der Waals surface area contributed by atoms with Crippen LogP contribution in [0.1, 0.15) is 12.8 Å². The van der Waals surface area contributed by atoms with Crippen molar-refractivity contribution >= 4 is 32.7 Å². The highest BCUT2D eigenvalue weighted by atomic mass is 32.2. The normalized spacial score (nSPS) is 12.9. The minimum absolute atomic E-state index is 0.0408. The number of fused-ring (bicyclic) bond motifs is 1. The van der Waals surface area contributed by atoms with Gasteiger partial charge in [-0.15, -0.1) is 0 Å². The fraction of sp³-hybridized carbons (Fsp3) is 0.200. The van der Waals surface area contributed by atoms with Gasteiger partial charge in [-0.2, -0.15) is 0 Å². The molecule has 8 heteroatoms. The summed E-state index contributed by atoms with van der Waals surface area (Å²) in [6, 6.07) is 9.98. The monoisotopic (exact) mass is 335 g/mol. The minimum Gasteiger partial charge on any atom is -0.548 e. The van der Waals surface area contributed by atoms with E-state index in [4.69, 9.17) is 5.73 Å². The van der Waals surface area contributed by atoms with Crippen molar-refractivity contribution in [2.75, 3.05) is 0 Å². The lowest BCUT2D eigenvalue weighted by Crippen LogP contribution is -2.48. The summed E-state index contributed by atoms with van der Waals surface area (Å²) >= 11 is 0. The third-order valence-electron chi connectivity index (χ3n) is 3.30. The Hall–Kier alpha value is -2.45. The molecule has 0 radical (unpaired) electrons. The van der Waals surface area contributed by atoms with E-state index in [0.29, 0.717) is 10.8 Å². The number of nitrogens with one attached hydrogen (secondary N) is 1. The van der Waals surface area contributed by atoms with Gasteiger partial charge in [-0.1, -0.05) is 36.4 Å². The molecule has 7 nitrogen and oxygen atoms in total. The molecular formula is C15H15N2O5S-. The number of benzene rings is 2. The van der Waals surface area contributed by atoms with Crippen LogP contribution in [0.3, 0.4) is 0 Å². The number of hydrogen-bond donors (Lipinski definition) is 2. The van der Waals surface area contributed by atoms with Gasteiger partial charge >= 0.3 is 0 Å². The number of aliphatic carboxylic acids is 1. The molecular weight excluding hydrogens is 320 g/mol. The van der Waals surface area contributed by atoms with E-state index in [1.165, 1.54) is 6.07 Å². The molecule has 3 N–H and O–H groups in total. The van der Waals surface area contributed by atoms with Crippen molar-refractivity contribution in [1.29, 1.82) is 0 Å². The maximum absolute atomic E-state index is 12.5. The lowest BCUT2D eigenvalue weighted by Gasteiger charge is -2.19. The van der Waals surface area contributed by atoms with Gasteiger partial charge in [0.15, 0.2) is 0 Å². The summed E-state index contributed by atoms with van der Waals surface area (Å²) in [5.41, 5.74) is 4.96. The van der Waals surface area contributed by atoms with Crippen LogP contribution in [0.4, 0.5) is 0 Å². The molecule has 0 saturated heterocycles. The summed E-state index contributed by atoms with van der Waals surface area (Å²) in [4.78, 5) is 21.8. The number of rotatable bonds is 7. The fourth-order valence-electron chi connectivity index (χ4n) is 2.19. The number of carboxylic acid groups (broad SMARTS) is 1. The minimum atomic E-state index is -4.10. The number of sulfonamides is 1. The summed E-state index contributed by atoms with van der Waals surface area (Å²) in [6.07, 6.45) is -0.543. The van der Waals surface area contributed by atoms with Crippen molar-refractivity contribution in [3.63, 3.8) is 0 Å². The largest absolute Gasteiger partial charge is 0.548 e. The van der Waals surface area contributed by atoms with Crippen LogP contribution in [-0.4, -0.2) is 26.3 Å². The summed E-state index contributed by atoms with van der Waals surface area (Å²) in [6.45, 7) is 0. The molecule has 0 aliphatic heterocycles.